The van der Waals surface area contributed by atoms with Crippen molar-refractivity contribution in [2.24, 2.45) is 17.8 Å². The van der Waals surface area contributed by atoms with Crippen molar-refractivity contribution < 1.29 is 18.3 Å². The second kappa shape index (κ2) is 9.06. The van der Waals surface area contributed by atoms with E-state index in [1.807, 2.05) is 0 Å². The summed E-state index contributed by atoms with van der Waals surface area (Å²) >= 11 is 0. The Hall–Kier alpha value is -1.04. The number of guanidine groups is 1. The van der Waals surface area contributed by atoms with Crippen LogP contribution in [0.2, 0.25) is 0 Å². The highest BCUT2D eigenvalue weighted by atomic mass is 127. The van der Waals surface area contributed by atoms with Crippen molar-refractivity contribution in [3.8, 4) is 0 Å². The van der Waals surface area contributed by atoms with Gasteiger partial charge in [0.15, 0.2) is 5.96 Å². The minimum absolute atomic E-state index is 0. The molecule has 1 heterocycles. The maximum atomic E-state index is 13.3. The Balaban J connectivity index is 0.00000312. The molecule has 0 bridgehead atoms. The normalized spacial score (nSPS) is 19.2. The summed E-state index contributed by atoms with van der Waals surface area (Å²) in [4.78, 5) is 7.59. The number of rotatable bonds is 5. The number of aliphatic imine (C=N–C) groups is 1. The van der Waals surface area contributed by atoms with Crippen LogP contribution in [-0.4, -0.2) is 39.4 Å². The highest BCUT2D eigenvalue weighted by Gasteiger charge is 2.57. The number of aryl methyl sites for hydroxylation is 1. The SMILES string of the molecule is Cn1ccnc1C(O)(CCN=C(N)NC1CCCCC1)C(F)(F)F.I. The lowest BCUT2D eigenvalue weighted by Gasteiger charge is -2.29. The molecule has 1 aliphatic rings. The zero-order valence-electron chi connectivity index (χ0n) is 14.1. The Labute approximate surface area is 162 Å². The molecule has 1 fully saturated rings. The number of nitrogens with two attached hydrogens (primary N) is 1. The maximum Gasteiger partial charge on any atom is 0.424 e. The Morgan fingerprint density at radius 3 is 2.56 bits per heavy atom. The van der Waals surface area contributed by atoms with Crippen molar-refractivity contribution >= 4 is 29.9 Å². The van der Waals surface area contributed by atoms with Gasteiger partial charge in [0.25, 0.3) is 0 Å². The summed E-state index contributed by atoms with van der Waals surface area (Å²) < 4.78 is 41.2. The lowest BCUT2D eigenvalue weighted by atomic mass is 9.96. The molecule has 1 aromatic heterocycles. The monoisotopic (exact) mass is 475 g/mol. The van der Waals surface area contributed by atoms with Crippen LogP contribution in [0.1, 0.15) is 44.3 Å². The minimum Gasteiger partial charge on any atom is -0.374 e. The first-order valence-electron chi connectivity index (χ1n) is 8.07. The standard InChI is InChI=1S/C15H24F3N5O.HI/c1-23-10-9-20-12(23)14(24,15(16,17)18)7-8-21-13(19)22-11-5-3-2-4-6-11;/h9-11,24H,2-8H2,1H3,(H3,19,21,22);1H. The molecule has 0 saturated heterocycles. The number of imidazole rings is 1. The van der Waals surface area contributed by atoms with E-state index in [2.05, 4.69) is 15.3 Å². The third kappa shape index (κ3) is 5.47. The smallest absolute Gasteiger partial charge is 0.374 e. The second-order valence-corrected chi connectivity index (χ2v) is 6.22. The largest absolute Gasteiger partial charge is 0.424 e. The van der Waals surface area contributed by atoms with Gasteiger partial charge < -0.3 is 20.7 Å². The van der Waals surface area contributed by atoms with Crippen molar-refractivity contribution in [3.05, 3.63) is 18.2 Å². The molecule has 0 aliphatic heterocycles. The molecule has 0 spiro atoms. The van der Waals surface area contributed by atoms with Crippen molar-refractivity contribution in [1.82, 2.24) is 14.9 Å². The first-order chi connectivity index (χ1) is 11.2. The predicted octanol–water partition coefficient (Wildman–Crippen LogP) is 2.42. The van der Waals surface area contributed by atoms with E-state index in [0.717, 1.165) is 30.3 Å². The van der Waals surface area contributed by atoms with E-state index in [0.29, 0.717) is 0 Å². The number of hydrogen-bond acceptors (Lipinski definition) is 3. The zero-order chi connectivity index (χ0) is 17.8. The zero-order valence-corrected chi connectivity index (χ0v) is 16.4. The van der Waals surface area contributed by atoms with E-state index in [-0.39, 0.29) is 42.5 Å². The van der Waals surface area contributed by atoms with E-state index < -0.39 is 24.0 Å². The molecule has 4 N–H and O–H groups in total. The van der Waals surface area contributed by atoms with Gasteiger partial charge >= 0.3 is 6.18 Å². The van der Waals surface area contributed by atoms with Gasteiger partial charge in [-0.1, -0.05) is 19.3 Å². The molecular formula is C15H25F3IN5O. The van der Waals surface area contributed by atoms with E-state index in [1.54, 1.807) is 0 Å². The van der Waals surface area contributed by atoms with Crippen LogP contribution in [0.5, 0.6) is 0 Å². The molecule has 0 radical (unpaired) electrons. The number of alkyl halides is 3. The average Bonchev–Trinajstić information content (AvgIpc) is 2.93. The van der Waals surface area contributed by atoms with Gasteiger partial charge in [-0.15, -0.1) is 24.0 Å². The fourth-order valence-electron chi connectivity index (χ4n) is 2.98. The number of aliphatic hydroxyl groups is 1. The Morgan fingerprint density at radius 2 is 2.04 bits per heavy atom. The molecule has 6 nitrogen and oxygen atoms in total. The van der Waals surface area contributed by atoms with Gasteiger partial charge in [-0.25, -0.2) is 4.98 Å². The van der Waals surface area contributed by atoms with Crippen LogP contribution in [0.25, 0.3) is 0 Å². The van der Waals surface area contributed by atoms with Crippen molar-refractivity contribution in [3.63, 3.8) is 0 Å². The average molecular weight is 475 g/mol. The highest BCUT2D eigenvalue weighted by molar-refractivity contribution is 14.0. The van der Waals surface area contributed by atoms with E-state index in [9.17, 15) is 18.3 Å². The summed E-state index contributed by atoms with van der Waals surface area (Å²) in [6.07, 6.45) is 2.45. The molecule has 10 heteroatoms. The Bertz CT molecular complexity index is 572. The van der Waals surface area contributed by atoms with E-state index in [1.165, 1.54) is 25.9 Å². The number of halogens is 4. The van der Waals surface area contributed by atoms with E-state index in [4.69, 9.17) is 5.73 Å². The molecule has 1 unspecified atom stereocenters. The van der Waals surface area contributed by atoms with Gasteiger partial charge in [0, 0.05) is 38.4 Å². The lowest BCUT2D eigenvalue weighted by molar-refractivity contribution is -0.272. The predicted molar refractivity (Wildman–Crippen MR) is 99.7 cm³/mol. The van der Waals surface area contributed by atoms with Gasteiger partial charge in [-0.05, 0) is 12.8 Å². The number of nitrogens with one attached hydrogen (secondary N) is 1. The molecule has 2 rings (SSSR count). The fraction of sp³-hybridized carbons (Fsp3) is 0.733. The third-order valence-corrected chi connectivity index (χ3v) is 4.37. The Kier molecular flexibility index (Phi) is 7.97. The maximum absolute atomic E-state index is 13.3. The van der Waals surface area contributed by atoms with Crippen LogP contribution in [0.4, 0.5) is 13.2 Å². The first-order valence-corrected chi connectivity index (χ1v) is 8.07. The van der Waals surface area contributed by atoms with Crippen molar-refractivity contribution in [2.75, 3.05) is 6.54 Å². The van der Waals surface area contributed by atoms with Gasteiger partial charge in [-0.2, -0.15) is 13.2 Å². The van der Waals surface area contributed by atoms with Crippen molar-refractivity contribution in [1.29, 1.82) is 0 Å². The van der Waals surface area contributed by atoms with Crippen LogP contribution in [0.3, 0.4) is 0 Å². The lowest BCUT2D eigenvalue weighted by Crippen LogP contribution is -2.45. The third-order valence-electron chi connectivity index (χ3n) is 4.37. The van der Waals surface area contributed by atoms with Gasteiger partial charge in [0.2, 0.25) is 5.60 Å². The second-order valence-electron chi connectivity index (χ2n) is 6.22. The van der Waals surface area contributed by atoms with E-state index >= 15 is 0 Å². The number of nitrogens with zero attached hydrogens (tertiary/aromatic N) is 3. The van der Waals surface area contributed by atoms with Crippen LogP contribution < -0.4 is 11.1 Å². The summed E-state index contributed by atoms with van der Waals surface area (Å²) in [6.45, 7) is -0.256. The van der Waals surface area contributed by atoms with Crippen LogP contribution >= 0.6 is 24.0 Å². The van der Waals surface area contributed by atoms with Gasteiger partial charge in [-0.3, -0.25) is 4.99 Å². The molecule has 1 atom stereocenters. The summed E-state index contributed by atoms with van der Waals surface area (Å²) in [5, 5.41) is 13.2. The Morgan fingerprint density at radius 1 is 1.40 bits per heavy atom. The molecule has 1 aliphatic carbocycles. The number of hydrogen-bond donors (Lipinski definition) is 3. The van der Waals surface area contributed by atoms with Gasteiger partial charge in [0.1, 0.15) is 5.82 Å². The summed E-state index contributed by atoms with van der Waals surface area (Å²) in [5.74, 6) is -0.338. The quantitative estimate of drug-likeness (QED) is 0.347. The van der Waals surface area contributed by atoms with Crippen LogP contribution in [0.15, 0.2) is 17.4 Å². The molecule has 0 amide bonds. The molecular weight excluding hydrogens is 450 g/mol. The van der Waals surface area contributed by atoms with Crippen LogP contribution in [-0.2, 0) is 12.6 Å². The summed E-state index contributed by atoms with van der Waals surface area (Å²) in [5.41, 5.74) is 2.69. The molecule has 25 heavy (non-hydrogen) atoms. The first kappa shape index (κ1) is 22.0. The molecule has 0 aromatic carbocycles. The van der Waals surface area contributed by atoms with Crippen molar-refractivity contribution in [2.45, 2.75) is 56.3 Å². The molecule has 1 saturated carbocycles. The molecule has 1 aromatic rings. The van der Waals surface area contributed by atoms with Gasteiger partial charge in [0.05, 0.1) is 0 Å². The molecule has 144 valence electrons. The summed E-state index contributed by atoms with van der Waals surface area (Å²) in [7, 11) is 1.40. The topological polar surface area (TPSA) is 88.5 Å². The highest BCUT2D eigenvalue weighted by Crippen LogP contribution is 2.40. The number of aromatic nitrogens is 2. The van der Waals surface area contributed by atoms with Crippen LogP contribution in [0, 0.1) is 0 Å². The minimum atomic E-state index is -4.85. The fourth-order valence-corrected chi connectivity index (χ4v) is 2.98. The summed E-state index contributed by atoms with van der Waals surface area (Å²) in [6, 6.07) is 0.221.